The minimum absolute atomic E-state index is 0.0880. The fourth-order valence-electron chi connectivity index (χ4n) is 3.82. The van der Waals surface area contributed by atoms with E-state index in [2.05, 4.69) is 14.8 Å². The Kier molecular flexibility index (Phi) is 5.72. The van der Waals surface area contributed by atoms with Crippen molar-refractivity contribution in [3.63, 3.8) is 0 Å². The Balaban J connectivity index is 1.56. The lowest BCUT2D eigenvalue weighted by Gasteiger charge is -2.13. The van der Waals surface area contributed by atoms with E-state index >= 15 is 0 Å². The van der Waals surface area contributed by atoms with E-state index in [1.54, 1.807) is 30.5 Å². The molecule has 2 aromatic heterocycles. The maximum absolute atomic E-state index is 13.1. The van der Waals surface area contributed by atoms with E-state index in [9.17, 15) is 18.0 Å². The second kappa shape index (κ2) is 8.18. The van der Waals surface area contributed by atoms with Crippen molar-refractivity contribution in [2.45, 2.75) is 57.4 Å². The number of carbonyl (C=O) groups is 1. The van der Waals surface area contributed by atoms with Crippen molar-refractivity contribution in [1.82, 2.24) is 19.3 Å². The number of nitrogens with zero attached hydrogens (tertiary/aromatic N) is 4. The van der Waals surface area contributed by atoms with Crippen LogP contribution in [-0.4, -0.2) is 30.9 Å². The van der Waals surface area contributed by atoms with Gasteiger partial charge in [0.15, 0.2) is 10.9 Å². The summed E-state index contributed by atoms with van der Waals surface area (Å²) in [6.07, 6.45) is -2.17. The molecule has 0 aliphatic heterocycles. The number of alkyl halides is 3. The zero-order valence-corrected chi connectivity index (χ0v) is 18.3. The average Bonchev–Trinajstić information content (AvgIpc) is 3.42. The summed E-state index contributed by atoms with van der Waals surface area (Å²) < 4.78 is 43.1. The molecule has 0 atom stereocenters. The monoisotopic (exact) mass is 448 g/mol. The number of carbonyl (C=O) groups excluding carboxylic acids is 1. The van der Waals surface area contributed by atoms with Gasteiger partial charge in [0.2, 0.25) is 0 Å². The molecule has 0 radical (unpaired) electrons. The number of benzene rings is 1. The molecule has 5 nitrogen and oxygen atoms in total. The first-order valence-electron chi connectivity index (χ1n) is 10.2. The molecule has 0 saturated heterocycles. The highest BCUT2D eigenvalue weighted by molar-refractivity contribution is 7.99. The van der Waals surface area contributed by atoms with Crippen LogP contribution in [0.5, 0.6) is 0 Å². The number of hydrogen-bond acceptors (Lipinski definition) is 4. The Hall–Kier alpha value is -2.55. The zero-order chi connectivity index (χ0) is 22.3. The summed E-state index contributed by atoms with van der Waals surface area (Å²) in [6, 6.07) is 6.87. The van der Waals surface area contributed by atoms with Gasteiger partial charge < -0.3 is 9.13 Å². The number of rotatable bonds is 7. The van der Waals surface area contributed by atoms with Gasteiger partial charge in [0.25, 0.3) is 0 Å². The second-order valence-corrected chi connectivity index (χ2v) is 8.68. The van der Waals surface area contributed by atoms with E-state index in [-0.39, 0.29) is 11.5 Å². The van der Waals surface area contributed by atoms with Crippen molar-refractivity contribution >= 4 is 17.5 Å². The third kappa shape index (κ3) is 4.28. The van der Waals surface area contributed by atoms with Gasteiger partial charge in [-0.25, -0.2) is 0 Å². The fourth-order valence-corrected chi connectivity index (χ4v) is 4.71. The van der Waals surface area contributed by atoms with Crippen LogP contribution in [0.2, 0.25) is 0 Å². The van der Waals surface area contributed by atoms with Crippen molar-refractivity contribution in [2.75, 3.05) is 5.75 Å². The Morgan fingerprint density at radius 1 is 1.19 bits per heavy atom. The smallest absolute Gasteiger partial charge is 0.318 e. The molecule has 0 bridgehead atoms. The van der Waals surface area contributed by atoms with Crippen molar-refractivity contribution in [1.29, 1.82) is 0 Å². The third-order valence-corrected chi connectivity index (χ3v) is 6.47. The van der Waals surface area contributed by atoms with Gasteiger partial charge in [0, 0.05) is 35.1 Å². The summed E-state index contributed by atoms with van der Waals surface area (Å²) in [5, 5.41) is 9.27. The van der Waals surface area contributed by atoms with E-state index < -0.39 is 11.7 Å². The molecule has 1 aliphatic rings. The summed E-state index contributed by atoms with van der Waals surface area (Å²) in [6.45, 7) is 6.32. The minimum Gasteiger partial charge on any atom is -0.318 e. The van der Waals surface area contributed by atoms with Gasteiger partial charge in [-0.1, -0.05) is 17.8 Å². The number of aryl methyl sites for hydroxylation is 1. The van der Waals surface area contributed by atoms with Crippen molar-refractivity contribution < 1.29 is 18.0 Å². The lowest BCUT2D eigenvalue weighted by Crippen LogP contribution is -2.09. The molecule has 3 aromatic rings. The Labute approximate surface area is 182 Å². The van der Waals surface area contributed by atoms with Crippen LogP contribution in [0.1, 0.15) is 58.8 Å². The van der Waals surface area contributed by atoms with Gasteiger partial charge in [-0.05, 0) is 57.9 Å². The third-order valence-electron chi connectivity index (χ3n) is 5.50. The van der Waals surface area contributed by atoms with Crippen LogP contribution in [0, 0.1) is 13.8 Å². The Morgan fingerprint density at radius 2 is 1.94 bits per heavy atom. The molecule has 0 amide bonds. The molecule has 164 valence electrons. The van der Waals surface area contributed by atoms with Crippen LogP contribution in [0.4, 0.5) is 13.2 Å². The maximum atomic E-state index is 13.1. The van der Waals surface area contributed by atoms with E-state index in [0.29, 0.717) is 28.6 Å². The van der Waals surface area contributed by atoms with Crippen LogP contribution in [0.15, 0.2) is 35.5 Å². The molecule has 9 heteroatoms. The quantitative estimate of drug-likeness (QED) is 0.350. The van der Waals surface area contributed by atoms with Crippen LogP contribution in [0.25, 0.3) is 5.69 Å². The number of Topliss-reactive ketones (excluding diaryl/α,β-unsaturated/α-hetero) is 1. The molecule has 1 aliphatic carbocycles. The van der Waals surface area contributed by atoms with Gasteiger partial charge in [0.05, 0.1) is 11.3 Å². The minimum atomic E-state index is -4.42. The van der Waals surface area contributed by atoms with Gasteiger partial charge in [-0.15, -0.1) is 10.2 Å². The van der Waals surface area contributed by atoms with Crippen LogP contribution in [0.3, 0.4) is 0 Å². The van der Waals surface area contributed by atoms with Crippen LogP contribution < -0.4 is 0 Å². The number of hydrogen-bond donors (Lipinski definition) is 0. The van der Waals surface area contributed by atoms with E-state index in [1.165, 1.54) is 17.8 Å². The van der Waals surface area contributed by atoms with Crippen molar-refractivity contribution in [3.05, 3.63) is 58.7 Å². The second-order valence-electron chi connectivity index (χ2n) is 7.74. The predicted octanol–water partition coefficient (Wildman–Crippen LogP) is 5.58. The van der Waals surface area contributed by atoms with Crippen LogP contribution in [-0.2, 0) is 12.7 Å². The molecule has 0 N–H and O–H groups in total. The highest BCUT2D eigenvalue weighted by atomic mass is 32.2. The summed E-state index contributed by atoms with van der Waals surface area (Å²) in [4.78, 5) is 12.9. The van der Waals surface area contributed by atoms with Crippen molar-refractivity contribution in [2.24, 2.45) is 0 Å². The zero-order valence-electron chi connectivity index (χ0n) is 17.5. The lowest BCUT2D eigenvalue weighted by molar-refractivity contribution is -0.137. The molecular weight excluding hydrogens is 425 g/mol. The molecule has 4 rings (SSSR count). The fraction of sp³-hybridized carbons (Fsp3) is 0.409. The molecule has 1 saturated carbocycles. The first-order chi connectivity index (χ1) is 14.7. The first-order valence-corrected chi connectivity index (χ1v) is 11.1. The Morgan fingerprint density at radius 3 is 2.58 bits per heavy atom. The van der Waals surface area contributed by atoms with E-state index in [1.807, 2.05) is 6.92 Å². The molecule has 1 aromatic carbocycles. The van der Waals surface area contributed by atoms with Gasteiger partial charge >= 0.3 is 6.18 Å². The molecule has 31 heavy (non-hydrogen) atoms. The van der Waals surface area contributed by atoms with Gasteiger partial charge in [-0.3, -0.25) is 4.79 Å². The summed E-state index contributed by atoms with van der Waals surface area (Å²) in [5.74, 6) is 1.56. The largest absolute Gasteiger partial charge is 0.416 e. The molecule has 0 spiro atoms. The Bertz CT molecular complexity index is 1130. The maximum Gasteiger partial charge on any atom is 0.416 e. The number of aromatic nitrogens is 4. The average molecular weight is 449 g/mol. The molecule has 2 heterocycles. The molecular formula is C22H23F3N4OS. The van der Waals surface area contributed by atoms with Gasteiger partial charge in [-0.2, -0.15) is 13.2 Å². The van der Waals surface area contributed by atoms with Gasteiger partial charge in [0.1, 0.15) is 5.82 Å². The SMILES string of the molecule is CCn1c(SCC(=O)c2cc(C)n(-c3cccc(C(F)(F)F)c3)c2C)nnc1C1CC1. The highest BCUT2D eigenvalue weighted by Crippen LogP contribution is 2.40. The molecule has 0 unspecified atom stereocenters. The standard InChI is InChI=1S/C22H23F3N4OS/c1-4-28-20(15-8-9-15)26-27-21(28)31-12-19(30)18-10-13(2)29(14(18)3)17-7-5-6-16(11-17)22(23,24)25/h5-7,10-11,15H,4,8-9,12H2,1-3H3. The predicted molar refractivity (Wildman–Crippen MR) is 113 cm³/mol. The highest BCUT2D eigenvalue weighted by Gasteiger charge is 2.31. The van der Waals surface area contributed by atoms with Crippen LogP contribution >= 0.6 is 11.8 Å². The molecule has 1 fully saturated rings. The number of halogens is 3. The number of thioether (sulfide) groups is 1. The number of ketones is 1. The van der Waals surface area contributed by atoms with E-state index in [0.717, 1.165) is 42.5 Å². The normalized spacial score (nSPS) is 14.3. The summed E-state index contributed by atoms with van der Waals surface area (Å²) in [7, 11) is 0. The lowest BCUT2D eigenvalue weighted by atomic mass is 10.1. The summed E-state index contributed by atoms with van der Waals surface area (Å²) in [5.41, 5.74) is 1.51. The van der Waals surface area contributed by atoms with E-state index in [4.69, 9.17) is 0 Å². The topological polar surface area (TPSA) is 52.7 Å². The summed E-state index contributed by atoms with van der Waals surface area (Å²) >= 11 is 1.35. The first kappa shape index (κ1) is 21.7. The van der Waals surface area contributed by atoms with Crippen molar-refractivity contribution in [3.8, 4) is 5.69 Å².